The van der Waals surface area contributed by atoms with E-state index in [1.807, 2.05) is 5.48 Å². The molecule has 1 atom stereocenters. The topological polar surface area (TPSA) is 122 Å². The molecule has 1 fully saturated rings. The standard InChI is InChI=1S/C9H10N2O6S2/c1-4-7(2-6(18-4)9(13)14)19(15,16)11-5-3-17-10-8(5)12/h2,5,11H,3H2,1H3,(H,10,12)(H,13,14)/t5-/m1/s1. The van der Waals surface area contributed by atoms with Crippen molar-refractivity contribution in [1.29, 1.82) is 0 Å². The van der Waals surface area contributed by atoms with Crippen molar-refractivity contribution in [3.05, 3.63) is 15.8 Å². The molecule has 0 aromatic carbocycles. The lowest BCUT2D eigenvalue weighted by Gasteiger charge is -2.08. The number of thiophene rings is 1. The van der Waals surface area contributed by atoms with Crippen molar-refractivity contribution in [3.8, 4) is 0 Å². The van der Waals surface area contributed by atoms with Gasteiger partial charge in [-0.25, -0.2) is 18.7 Å². The summed E-state index contributed by atoms with van der Waals surface area (Å²) in [5.74, 6) is -1.79. The fraction of sp³-hybridized carbons (Fsp3) is 0.333. The second-order valence-corrected chi connectivity index (χ2v) is 6.73. The van der Waals surface area contributed by atoms with Crippen LogP contribution in [-0.4, -0.2) is 38.0 Å². The summed E-state index contributed by atoms with van der Waals surface area (Å²) in [5, 5.41) is 8.83. The molecule has 2 heterocycles. The zero-order valence-corrected chi connectivity index (χ0v) is 11.3. The zero-order valence-electron chi connectivity index (χ0n) is 9.67. The van der Waals surface area contributed by atoms with Crippen LogP contribution in [0.25, 0.3) is 0 Å². The fourth-order valence-corrected chi connectivity index (χ4v) is 4.13. The third-order valence-electron chi connectivity index (χ3n) is 2.41. The van der Waals surface area contributed by atoms with Crippen LogP contribution in [0, 0.1) is 6.92 Å². The third-order valence-corrected chi connectivity index (χ3v) is 5.17. The summed E-state index contributed by atoms with van der Waals surface area (Å²) < 4.78 is 26.3. The summed E-state index contributed by atoms with van der Waals surface area (Å²) in [4.78, 5) is 26.7. The average molecular weight is 306 g/mol. The second kappa shape index (κ2) is 4.89. The molecule has 1 aliphatic rings. The van der Waals surface area contributed by atoms with Crippen molar-refractivity contribution < 1.29 is 28.0 Å². The summed E-state index contributed by atoms with van der Waals surface area (Å²) in [6, 6.07) is 0.0517. The molecular weight excluding hydrogens is 296 g/mol. The number of hydroxylamine groups is 1. The normalized spacial score (nSPS) is 19.4. The number of nitrogens with one attached hydrogen (secondary N) is 2. The largest absolute Gasteiger partial charge is 0.477 e. The van der Waals surface area contributed by atoms with E-state index in [0.717, 1.165) is 17.4 Å². The Balaban J connectivity index is 2.29. The molecule has 1 amide bonds. The quantitative estimate of drug-likeness (QED) is 0.687. The summed E-state index contributed by atoms with van der Waals surface area (Å²) >= 11 is 0.858. The molecule has 2 rings (SSSR count). The van der Waals surface area contributed by atoms with Crippen molar-refractivity contribution >= 4 is 33.2 Å². The van der Waals surface area contributed by atoms with E-state index < -0.39 is 27.9 Å². The molecule has 0 saturated carbocycles. The minimum absolute atomic E-state index is 0.0787. The van der Waals surface area contributed by atoms with Gasteiger partial charge in [-0.05, 0) is 13.0 Å². The van der Waals surface area contributed by atoms with Gasteiger partial charge in [0.05, 0.1) is 4.90 Å². The van der Waals surface area contributed by atoms with Crippen molar-refractivity contribution in [2.75, 3.05) is 6.61 Å². The van der Waals surface area contributed by atoms with Gasteiger partial charge in [-0.3, -0.25) is 9.63 Å². The molecule has 0 unspecified atom stereocenters. The predicted octanol–water partition coefficient (Wildman–Crippen LogP) is -0.537. The SMILES string of the molecule is Cc1sc(C(=O)O)cc1S(=O)(=O)N[C@@H]1CONC1=O. The Morgan fingerprint density at radius 1 is 1.63 bits per heavy atom. The molecule has 0 aliphatic carbocycles. The minimum atomic E-state index is -3.96. The summed E-state index contributed by atoms with van der Waals surface area (Å²) in [6.07, 6.45) is 0. The van der Waals surface area contributed by atoms with E-state index in [4.69, 9.17) is 5.11 Å². The van der Waals surface area contributed by atoms with Crippen LogP contribution in [0.4, 0.5) is 0 Å². The number of carboxylic acids is 1. The number of sulfonamides is 1. The van der Waals surface area contributed by atoms with E-state index in [0.29, 0.717) is 4.88 Å². The average Bonchev–Trinajstić information content (AvgIpc) is 2.86. The van der Waals surface area contributed by atoms with Crippen LogP contribution in [-0.2, 0) is 19.7 Å². The Bertz CT molecular complexity index is 635. The number of aromatic carboxylic acids is 1. The van der Waals surface area contributed by atoms with Gasteiger partial charge in [-0.2, -0.15) is 4.72 Å². The van der Waals surface area contributed by atoms with Crippen LogP contribution < -0.4 is 10.2 Å². The lowest BCUT2D eigenvalue weighted by molar-refractivity contribution is -0.124. The van der Waals surface area contributed by atoms with Crippen LogP contribution in [0.2, 0.25) is 0 Å². The van der Waals surface area contributed by atoms with Gasteiger partial charge in [0, 0.05) is 4.88 Å². The Kier molecular flexibility index (Phi) is 3.58. The Morgan fingerprint density at radius 2 is 2.32 bits per heavy atom. The molecule has 1 aromatic rings. The maximum atomic E-state index is 12.1. The van der Waals surface area contributed by atoms with Gasteiger partial charge < -0.3 is 5.11 Å². The van der Waals surface area contributed by atoms with Crippen molar-refractivity contribution in [2.24, 2.45) is 0 Å². The van der Waals surface area contributed by atoms with Gasteiger partial charge >= 0.3 is 5.97 Å². The highest BCUT2D eigenvalue weighted by Gasteiger charge is 2.32. The number of rotatable bonds is 4. The molecule has 1 aromatic heterocycles. The van der Waals surface area contributed by atoms with Crippen LogP contribution >= 0.6 is 11.3 Å². The molecule has 8 nitrogen and oxygen atoms in total. The molecule has 0 radical (unpaired) electrons. The molecular formula is C9H10N2O6S2. The zero-order chi connectivity index (χ0) is 14.2. The highest BCUT2D eigenvalue weighted by molar-refractivity contribution is 7.89. The van der Waals surface area contributed by atoms with E-state index in [-0.39, 0.29) is 16.4 Å². The van der Waals surface area contributed by atoms with Gasteiger partial charge in [0.25, 0.3) is 5.91 Å². The minimum Gasteiger partial charge on any atom is -0.477 e. The van der Waals surface area contributed by atoms with Crippen molar-refractivity contribution in [2.45, 2.75) is 17.9 Å². The van der Waals surface area contributed by atoms with E-state index in [1.54, 1.807) is 0 Å². The molecule has 1 saturated heterocycles. The lowest BCUT2D eigenvalue weighted by Crippen LogP contribution is -2.41. The number of carbonyl (C=O) groups is 2. The van der Waals surface area contributed by atoms with E-state index in [2.05, 4.69) is 9.56 Å². The first-order valence-corrected chi connectivity index (χ1v) is 7.39. The summed E-state index contributed by atoms with van der Waals surface area (Å²) in [5.41, 5.74) is 2.02. The van der Waals surface area contributed by atoms with E-state index in [9.17, 15) is 18.0 Å². The molecule has 19 heavy (non-hydrogen) atoms. The Labute approximate surface area is 112 Å². The van der Waals surface area contributed by atoms with Gasteiger partial charge in [0.15, 0.2) is 0 Å². The van der Waals surface area contributed by atoms with Crippen LogP contribution in [0.5, 0.6) is 0 Å². The molecule has 0 bridgehead atoms. The first-order chi connectivity index (χ1) is 8.81. The monoisotopic (exact) mass is 306 g/mol. The Morgan fingerprint density at radius 3 is 2.79 bits per heavy atom. The number of amides is 1. The first-order valence-electron chi connectivity index (χ1n) is 5.09. The number of aryl methyl sites for hydroxylation is 1. The fourth-order valence-electron chi connectivity index (χ4n) is 1.52. The maximum Gasteiger partial charge on any atom is 0.345 e. The lowest BCUT2D eigenvalue weighted by atomic mass is 10.3. The van der Waals surface area contributed by atoms with Gasteiger partial charge in [-0.1, -0.05) is 0 Å². The number of hydrogen-bond acceptors (Lipinski definition) is 6. The third kappa shape index (κ3) is 2.76. The highest BCUT2D eigenvalue weighted by Crippen LogP contribution is 2.25. The second-order valence-electron chi connectivity index (χ2n) is 3.79. The number of hydrogen-bond donors (Lipinski definition) is 3. The molecule has 0 spiro atoms. The van der Waals surface area contributed by atoms with Crippen LogP contribution in [0.15, 0.2) is 11.0 Å². The Hall–Kier alpha value is -1.49. The van der Waals surface area contributed by atoms with Crippen LogP contribution in [0.1, 0.15) is 14.5 Å². The highest BCUT2D eigenvalue weighted by atomic mass is 32.2. The van der Waals surface area contributed by atoms with Gasteiger partial charge in [-0.15, -0.1) is 11.3 Å². The molecule has 104 valence electrons. The molecule has 3 N–H and O–H groups in total. The predicted molar refractivity (Wildman–Crippen MR) is 64.2 cm³/mol. The van der Waals surface area contributed by atoms with Crippen molar-refractivity contribution in [3.63, 3.8) is 0 Å². The van der Waals surface area contributed by atoms with Gasteiger partial charge in [0.1, 0.15) is 17.5 Å². The van der Waals surface area contributed by atoms with E-state index >= 15 is 0 Å². The van der Waals surface area contributed by atoms with Crippen LogP contribution in [0.3, 0.4) is 0 Å². The van der Waals surface area contributed by atoms with Gasteiger partial charge in [0.2, 0.25) is 10.0 Å². The molecule has 10 heteroatoms. The first kappa shape index (κ1) is 13.9. The number of carbonyl (C=O) groups excluding carboxylic acids is 1. The summed E-state index contributed by atoms with van der Waals surface area (Å²) in [6.45, 7) is 1.38. The smallest absolute Gasteiger partial charge is 0.345 e. The maximum absolute atomic E-state index is 12.1. The van der Waals surface area contributed by atoms with E-state index in [1.165, 1.54) is 6.92 Å². The molecule has 1 aliphatic heterocycles. The van der Waals surface area contributed by atoms with Crippen molar-refractivity contribution in [1.82, 2.24) is 10.2 Å². The summed E-state index contributed by atoms with van der Waals surface area (Å²) in [7, 11) is -3.96. The number of carboxylic acid groups (broad SMARTS) is 1.